The molecule has 0 aromatic heterocycles. The van der Waals surface area contributed by atoms with Gasteiger partial charge in [-0.2, -0.15) is 17.0 Å². The van der Waals surface area contributed by atoms with E-state index in [1.807, 2.05) is 6.92 Å². The van der Waals surface area contributed by atoms with Gasteiger partial charge in [0, 0.05) is 32.8 Å². The molecule has 0 aromatic rings. The van der Waals surface area contributed by atoms with Gasteiger partial charge in [0.05, 0.1) is 12.5 Å². The van der Waals surface area contributed by atoms with Crippen LogP contribution in [0.4, 0.5) is 0 Å². The normalized spacial score (nSPS) is 28.1. The number of aliphatic carboxylic acids is 1. The molecule has 2 aliphatic heterocycles. The predicted molar refractivity (Wildman–Crippen MR) is 77.0 cm³/mol. The molecule has 2 saturated heterocycles. The first-order chi connectivity index (χ1) is 9.95. The molecule has 8 heteroatoms. The lowest BCUT2D eigenvalue weighted by atomic mass is 10.0. The molecular formula is C13H24N2O5S. The van der Waals surface area contributed by atoms with Crippen molar-refractivity contribution in [1.82, 2.24) is 8.61 Å². The molecule has 2 aliphatic rings. The number of carbonyl (C=O) groups is 1. The lowest BCUT2D eigenvalue weighted by Gasteiger charge is -2.34. The average molecular weight is 320 g/mol. The highest BCUT2D eigenvalue weighted by Gasteiger charge is 2.36. The molecular weight excluding hydrogens is 296 g/mol. The fourth-order valence-electron chi connectivity index (χ4n) is 2.92. The minimum Gasteiger partial charge on any atom is -0.481 e. The molecule has 122 valence electrons. The largest absolute Gasteiger partial charge is 0.481 e. The fraction of sp³-hybridized carbons (Fsp3) is 0.923. The molecule has 2 rings (SSSR count). The highest BCUT2D eigenvalue weighted by molar-refractivity contribution is 7.86. The second-order valence-electron chi connectivity index (χ2n) is 5.72. The maximum Gasteiger partial charge on any atom is 0.307 e. The third kappa shape index (κ3) is 3.94. The summed E-state index contributed by atoms with van der Waals surface area (Å²) in [7, 11) is -3.58. The van der Waals surface area contributed by atoms with Gasteiger partial charge in [-0.05, 0) is 25.2 Å². The summed E-state index contributed by atoms with van der Waals surface area (Å²) in [6, 6.07) is 0. The van der Waals surface area contributed by atoms with Gasteiger partial charge in [0.15, 0.2) is 0 Å². The van der Waals surface area contributed by atoms with Crippen LogP contribution < -0.4 is 0 Å². The first kappa shape index (κ1) is 16.7. The summed E-state index contributed by atoms with van der Waals surface area (Å²) in [5.41, 5.74) is 0. The Morgan fingerprint density at radius 1 is 1.43 bits per heavy atom. The average Bonchev–Trinajstić information content (AvgIpc) is 2.97. The van der Waals surface area contributed by atoms with Crippen LogP contribution in [0, 0.1) is 11.8 Å². The fourth-order valence-corrected chi connectivity index (χ4v) is 4.70. The van der Waals surface area contributed by atoms with Crippen LogP contribution in [0.1, 0.15) is 26.2 Å². The van der Waals surface area contributed by atoms with Crippen LogP contribution in [0.5, 0.6) is 0 Å². The van der Waals surface area contributed by atoms with Gasteiger partial charge in [-0.25, -0.2) is 0 Å². The number of rotatable bonds is 6. The second kappa shape index (κ2) is 7.04. The minimum atomic E-state index is -3.58. The number of carboxylic acid groups (broad SMARTS) is 1. The van der Waals surface area contributed by atoms with Crippen LogP contribution >= 0.6 is 0 Å². The Morgan fingerprint density at radius 2 is 2.19 bits per heavy atom. The van der Waals surface area contributed by atoms with Crippen molar-refractivity contribution in [3.8, 4) is 0 Å². The van der Waals surface area contributed by atoms with E-state index < -0.39 is 22.1 Å². The Balaban J connectivity index is 2.05. The van der Waals surface area contributed by atoms with Crippen LogP contribution in [0.3, 0.4) is 0 Å². The molecule has 7 nitrogen and oxygen atoms in total. The highest BCUT2D eigenvalue weighted by atomic mass is 32.2. The highest BCUT2D eigenvalue weighted by Crippen LogP contribution is 2.23. The smallest absolute Gasteiger partial charge is 0.307 e. The zero-order chi connectivity index (χ0) is 15.5. The van der Waals surface area contributed by atoms with Crippen molar-refractivity contribution in [2.24, 2.45) is 11.8 Å². The van der Waals surface area contributed by atoms with Gasteiger partial charge >= 0.3 is 5.97 Å². The molecule has 21 heavy (non-hydrogen) atoms. The van der Waals surface area contributed by atoms with E-state index in [2.05, 4.69) is 0 Å². The molecule has 0 aliphatic carbocycles. The summed E-state index contributed by atoms with van der Waals surface area (Å²) in [6.45, 7) is 4.43. The van der Waals surface area contributed by atoms with Crippen LogP contribution in [0.15, 0.2) is 0 Å². The van der Waals surface area contributed by atoms with E-state index in [1.54, 1.807) is 0 Å². The Bertz CT molecular complexity index is 461. The van der Waals surface area contributed by atoms with E-state index in [9.17, 15) is 13.2 Å². The van der Waals surface area contributed by atoms with Crippen molar-refractivity contribution < 1.29 is 23.1 Å². The van der Waals surface area contributed by atoms with Crippen molar-refractivity contribution >= 4 is 16.2 Å². The van der Waals surface area contributed by atoms with E-state index in [0.717, 1.165) is 6.42 Å². The summed E-state index contributed by atoms with van der Waals surface area (Å²) >= 11 is 0. The van der Waals surface area contributed by atoms with E-state index >= 15 is 0 Å². The molecule has 2 heterocycles. The summed E-state index contributed by atoms with van der Waals surface area (Å²) in [6.07, 6.45) is 2.02. The van der Waals surface area contributed by atoms with Crippen molar-refractivity contribution in [1.29, 1.82) is 0 Å². The van der Waals surface area contributed by atoms with Crippen LogP contribution in [0.2, 0.25) is 0 Å². The van der Waals surface area contributed by atoms with E-state index in [-0.39, 0.29) is 12.5 Å². The van der Waals surface area contributed by atoms with Crippen molar-refractivity contribution in [3.63, 3.8) is 0 Å². The molecule has 0 saturated carbocycles. The molecule has 1 N–H and O–H groups in total. The van der Waals surface area contributed by atoms with Crippen molar-refractivity contribution in [3.05, 3.63) is 0 Å². The molecule has 0 amide bonds. The Labute approximate surface area is 126 Å². The van der Waals surface area contributed by atoms with E-state index in [0.29, 0.717) is 45.7 Å². The van der Waals surface area contributed by atoms with Gasteiger partial charge in [-0.15, -0.1) is 0 Å². The SMILES string of the molecule is CCN(CC1CCOC1)S(=O)(=O)N1CCCC(C(=O)O)C1. The van der Waals surface area contributed by atoms with Crippen molar-refractivity contribution in [2.75, 3.05) is 39.4 Å². The predicted octanol–water partition coefficient (Wildman–Crippen LogP) is 0.386. The molecule has 2 fully saturated rings. The maximum absolute atomic E-state index is 12.7. The lowest BCUT2D eigenvalue weighted by Crippen LogP contribution is -2.50. The standard InChI is InChI=1S/C13H24N2O5S/c1-2-14(8-11-5-7-20-10-11)21(18,19)15-6-3-4-12(9-15)13(16)17/h11-12H,2-10H2,1H3,(H,16,17). The number of hydrogen-bond donors (Lipinski definition) is 1. The van der Waals surface area contributed by atoms with Gasteiger partial charge < -0.3 is 9.84 Å². The Morgan fingerprint density at radius 3 is 2.76 bits per heavy atom. The monoisotopic (exact) mass is 320 g/mol. The van der Waals surface area contributed by atoms with E-state index in [4.69, 9.17) is 9.84 Å². The van der Waals surface area contributed by atoms with Gasteiger partial charge in [0.2, 0.25) is 0 Å². The quantitative estimate of drug-likeness (QED) is 0.765. The number of carboxylic acids is 1. The lowest BCUT2D eigenvalue weighted by molar-refractivity contribution is -0.142. The van der Waals surface area contributed by atoms with Gasteiger partial charge in [0.25, 0.3) is 10.2 Å². The molecule has 0 radical (unpaired) electrons. The molecule has 2 unspecified atom stereocenters. The van der Waals surface area contributed by atoms with Crippen LogP contribution in [-0.4, -0.2) is 67.5 Å². The second-order valence-corrected chi connectivity index (χ2v) is 7.65. The minimum absolute atomic E-state index is 0.0787. The third-order valence-corrected chi connectivity index (χ3v) is 6.27. The maximum atomic E-state index is 12.7. The number of piperidine rings is 1. The molecule has 0 bridgehead atoms. The first-order valence-electron chi connectivity index (χ1n) is 7.51. The molecule has 0 aromatic carbocycles. The summed E-state index contributed by atoms with van der Waals surface area (Å²) in [5.74, 6) is -1.27. The summed E-state index contributed by atoms with van der Waals surface area (Å²) < 4.78 is 33.5. The molecule has 2 atom stereocenters. The summed E-state index contributed by atoms with van der Waals surface area (Å²) in [5, 5.41) is 9.10. The van der Waals surface area contributed by atoms with Crippen LogP contribution in [0.25, 0.3) is 0 Å². The number of nitrogens with zero attached hydrogens (tertiary/aromatic N) is 2. The van der Waals surface area contributed by atoms with E-state index in [1.165, 1.54) is 8.61 Å². The summed E-state index contributed by atoms with van der Waals surface area (Å²) in [4.78, 5) is 11.1. The van der Waals surface area contributed by atoms with Crippen LogP contribution in [-0.2, 0) is 19.7 Å². The molecule has 0 spiro atoms. The van der Waals surface area contributed by atoms with Gasteiger partial charge in [-0.1, -0.05) is 6.92 Å². The first-order valence-corrected chi connectivity index (χ1v) is 8.90. The van der Waals surface area contributed by atoms with Gasteiger partial charge in [0.1, 0.15) is 0 Å². The zero-order valence-electron chi connectivity index (χ0n) is 12.4. The number of hydrogen-bond acceptors (Lipinski definition) is 4. The topological polar surface area (TPSA) is 87.2 Å². The van der Waals surface area contributed by atoms with Gasteiger partial charge in [-0.3, -0.25) is 4.79 Å². The Hall–Kier alpha value is -0.700. The number of ether oxygens (including phenoxy) is 1. The van der Waals surface area contributed by atoms with Crippen molar-refractivity contribution in [2.45, 2.75) is 26.2 Å². The Kier molecular flexibility index (Phi) is 5.59. The third-order valence-electron chi connectivity index (χ3n) is 4.22. The zero-order valence-corrected chi connectivity index (χ0v) is 13.2.